The third kappa shape index (κ3) is 4.13. The molecule has 0 saturated heterocycles. The molecule has 21 heavy (non-hydrogen) atoms. The Kier molecular flexibility index (Phi) is 4.38. The average Bonchev–Trinajstić information content (AvgIpc) is 3.03. The Bertz CT molecular complexity index is 733. The van der Waals surface area contributed by atoms with Gasteiger partial charge in [0.1, 0.15) is 10.7 Å². The van der Waals surface area contributed by atoms with Crippen LogP contribution in [-0.2, 0) is 27.9 Å². The van der Waals surface area contributed by atoms with Crippen LogP contribution in [0.1, 0.15) is 18.1 Å². The van der Waals surface area contributed by atoms with Gasteiger partial charge in [-0.2, -0.15) is 5.10 Å². The number of carboxylic acids is 1. The minimum Gasteiger partial charge on any atom is -0.481 e. The molecular formula is C11H14N4O5S. The summed E-state index contributed by atoms with van der Waals surface area (Å²) in [5.41, 5.74) is 0. The minimum atomic E-state index is -3.75. The van der Waals surface area contributed by atoms with Crippen LogP contribution in [0.2, 0.25) is 0 Å². The normalized spacial score (nSPS) is 11.7. The van der Waals surface area contributed by atoms with E-state index in [4.69, 9.17) is 9.52 Å². The van der Waals surface area contributed by atoms with Gasteiger partial charge in [-0.3, -0.25) is 9.48 Å². The zero-order valence-electron chi connectivity index (χ0n) is 11.2. The van der Waals surface area contributed by atoms with E-state index in [0.29, 0.717) is 5.76 Å². The van der Waals surface area contributed by atoms with Crippen molar-refractivity contribution in [1.82, 2.24) is 19.5 Å². The lowest BCUT2D eigenvalue weighted by atomic mass is 10.4. The molecule has 0 amide bonds. The van der Waals surface area contributed by atoms with Gasteiger partial charge in [0.05, 0.1) is 31.9 Å². The Morgan fingerprint density at radius 1 is 1.48 bits per heavy atom. The summed E-state index contributed by atoms with van der Waals surface area (Å²) in [6, 6.07) is 0. The highest BCUT2D eigenvalue weighted by atomic mass is 32.2. The van der Waals surface area contributed by atoms with Crippen molar-refractivity contribution in [3.05, 3.63) is 30.2 Å². The predicted molar refractivity (Wildman–Crippen MR) is 69.7 cm³/mol. The van der Waals surface area contributed by atoms with Crippen LogP contribution in [-0.4, -0.2) is 34.3 Å². The van der Waals surface area contributed by atoms with E-state index in [9.17, 15) is 13.2 Å². The molecule has 0 spiro atoms. The number of rotatable bonds is 7. The zero-order valence-corrected chi connectivity index (χ0v) is 12.0. The summed E-state index contributed by atoms with van der Waals surface area (Å²) in [4.78, 5) is 14.3. The van der Waals surface area contributed by atoms with Crippen LogP contribution in [0.4, 0.5) is 0 Å². The topological polar surface area (TPSA) is 127 Å². The van der Waals surface area contributed by atoms with E-state index in [1.54, 1.807) is 6.92 Å². The number of aromatic nitrogens is 3. The van der Waals surface area contributed by atoms with Crippen molar-refractivity contribution in [3.63, 3.8) is 0 Å². The first-order chi connectivity index (χ1) is 9.87. The van der Waals surface area contributed by atoms with E-state index in [2.05, 4.69) is 14.8 Å². The largest absolute Gasteiger partial charge is 0.481 e. The first-order valence-corrected chi connectivity index (χ1v) is 7.50. The number of aliphatic carboxylic acids is 1. The van der Waals surface area contributed by atoms with E-state index in [1.807, 2.05) is 0 Å². The van der Waals surface area contributed by atoms with E-state index >= 15 is 0 Å². The molecule has 0 saturated carbocycles. The first kappa shape index (κ1) is 15.2. The highest BCUT2D eigenvalue weighted by molar-refractivity contribution is 7.89. The second-order valence-electron chi connectivity index (χ2n) is 4.27. The third-order valence-electron chi connectivity index (χ3n) is 2.56. The zero-order chi connectivity index (χ0) is 15.5. The van der Waals surface area contributed by atoms with Crippen LogP contribution in [0.15, 0.2) is 27.9 Å². The fourth-order valence-electron chi connectivity index (χ4n) is 1.54. The van der Waals surface area contributed by atoms with Gasteiger partial charge in [0, 0.05) is 6.20 Å². The summed E-state index contributed by atoms with van der Waals surface area (Å²) in [6.07, 6.45) is 3.79. The molecule has 0 unspecified atom stereocenters. The number of sulfonamides is 1. The van der Waals surface area contributed by atoms with Crippen molar-refractivity contribution < 1.29 is 22.7 Å². The van der Waals surface area contributed by atoms with Gasteiger partial charge >= 0.3 is 5.97 Å². The average molecular weight is 314 g/mol. The number of oxazole rings is 1. The van der Waals surface area contributed by atoms with Crippen LogP contribution in [0, 0.1) is 6.92 Å². The Labute approximate surface area is 120 Å². The fraction of sp³-hybridized carbons (Fsp3) is 0.364. The first-order valence-electron chi connectivity index (χ1n) is 6.02. The molecule has 2 aromatic heterocycles. The van der Waals surface area contributed by atoms with Crippen LogP contribution in [0.5, 0.6) is 0 Å². The van der Waals surface area contributed by atoms with Gasteiger partial charge in [0.2, 0.25) is 15.9 Å². The standard InChI is InChI=1S/C11H14N4O5S/c1-8-4-12-10(20-8)6-14-21(18,19)9-5-13-15(7-9)3-2-11(16)17/h4-5,7,14H,2-3,6H2,1H3,(H,16,17). The van der Waals surface area contributed by atoms with Gasteiger partial charge in [-0.15, -0.1) is 0 Å². The summed E-state index contributed by atoms with van der Waals surface area (Å²) in [5, 5.41) is 12.4. The number of carbonyl (C=O) groups is 1. The number of carboxylic acid groups (broad SMARTS) is 1. The van der Waals surface area contributed by atoms with E-state index in [0.717, 1.165) is 6.20 Å². The Morgan fingerprint density at radius 3 is 2.86 bits per heavy atom. The SMILES string of the molecule is Cc1cnc(CNS(=O)(=O)c2cnn(CCC(=O)O)c2)o1. The highest BCUT2D eigenvalue weighted by Gasteiger charge is 2.17. The van der Waals surface area contributed by atoms with Gasteiger partial charge in [-0.1, -0.05) is 0 Å². The molecule has 114 valence electrons. The molecule has 0 bridgehead atoms. The molecule has 2 N–H and O–H groups in total. The molecule has 2 heterocycles. The van der Waals surface area contributed by atoms with Crippen LogP contribution < -0.4 is 4.72 Å². The summed E-state index contributed by atoms with van der Waals surface area (Å²) >= 11 is 0. The van der Waals surface area contributed by atoms with E-state index in [1.165, 1.54) is 17.1 Å². The van der Waals surface area contributed by atoms with Gasteiger partial charge in [0.15, 0.2) is 0 Å². The number of hydrogen-bond donors (Lipinski definition) is 2. The van der Waals surface area contributed by atoms with Crippen LogP contribution in [0.25, 0.3) is 0 Å². The summed E-state index contributed by atoms with van der Waals surface area (Å²) in [5.74, 6) is -0.132. The van der Waals surface area contributed by atoms with Crippen molar-refractivity contribution in [2.24, 2.45) is 0 Å². The van der Waals surface area contributed by atoms with Crippen molar-refractivity contribution in [2.75, 3.05) is 0 Å². The van der Waals surface area contributed by atoms with E-state index in [-0.39, 0.29) is 30.3 Å². The molecule has 2 aromatic rings. The Morgan fingerprint density at radius 2 is 2.24 bits per heavy atom. The molecule has 0 atom stereocenters. The number of nitrogens with zero attached hydrogens (tertiary/aromatic N) is 3. The third-order valence-corrected chi connectivity index (χ3v) is 3.91. The maximum absolute atomic E-state index is 12.0. The number of hydrogen-bond acceptors (Lipinski definition) is 6. The Hall–Kier alpha value is -2.20. The van der Waals surface area contributed by atoms with Crippen LogP contribution in [0.3, 0.4) is 0 Å². The maximum Gasteiger partial charge on any atom is 0.305 e. The number of nitrogens with one attached hydrogen (secondary N) is 1. The lowest BCUT2D eigenvalue weighted by Crippen LogP contribution is -2.23. The number of aryl methyl sites for hydroxylation is 2. The molecule has 0 aliphatic rings. The summed E-state index contributed by atoms with van der Waals surface area (Å²) < 4.78 is 32.8. The van der Waals surface area contributed by atoms with Crippen LogP contribution >= 0.6 is 0 Å². The highest BCUT2D eigenvalue weighted by Crippen LogP contribution is 2.09. The van der Waals surface area contributed by atoms with Gasteiger partial charge in [-0.25, -0.2) is 18.1 Å². The monoisotopic (exact) mass is 314 g/mol. The molecule has 0 aliphatic carbocycles. The summed E-state index contributed by atoms with van der Waals surface area (Å²) in [6.45, 7) is 1.73. The lowest BCUT2D eigenvalue weighted by Gasteiger charge is -2.01. The molecular weight excluding hydrogens is 300 g/mol. The van der Waals surface area contributed by atoms with Gasteiger partial charge in [0.25, 0.3) is 0 Å². The molecule has 2 rings (SSSR count). The van der Waals surface area contributed by atoms with Crippen molar-refractivity contribution in [3.8, 4) is 0 Å². The lowest BCUT2D eigenvalue weighted by molar-refractivity contribution is -0.137. The van der Waals surface area contributed by atoms with Gasteiger partial charge < -0.3 is 9.52 Å². The van der Waals surface area contributed by atoms with Crippen molar-refractivity contribution in [2.45, 2.75) is 31.3 Å². The molecule has 0 fully saturated rings. The predicted octanol–water partition coefficient (Wildman–Crippen LogP) is 0.133. The minimum absolute atomic E-state index is 0.0452. The van der Waals surface area contributed by atoms with Gasteiger partial charge in [-0.05, 0) is 6.92 Å². The quantitative estimate of drug-likeness (QED) is 0.743. The second-order valence-corrected chi connectivity index (χ2v) is 6.04. The van der Waals surface area contributed by atoms with Crippen molar-refractivity contribution in [1.29, 1.82) is 0 Å². The van der Waals surface area contributed by atoms with E-state index < -0.39 is 16.0 Å². The van der Waals surface area contributed by atoms with Crippen molar-refractivity contribution >= 4 is 16.0 Å². The smallest absolute Gasteiger partial charge is 0.305 e. The summed E-state index contributed by atoms with van der Waals surface area (Å²) in [7, 11) is -3.75. The molecule has 0 aromatic carbocycles. The molecule has 0 radical (unpaired) electrons. The molecule has 10 heteroatoms. The molecule has 9 nitrogen and oxygen atoms in total. The fourth-order valence-corrected chi connectivity index (χ4v) is 2.47. The Balaban J connectivity index is 2.00. The second kappa shape index (κ2) is 6.06. The molecule has 0 aliphatic heterocycles. The maximum atomic E-state index is 12.0.